The van der Waals surface area contributed by atoms with E-state index in [1.54, 1.807) is 0 Å². The van der Waals surface area contributed by atoms with Crippen LogP contribution in [0.3, 0.4) is 0 Å². The van der Waals surface area contributed by atoms with Gasteiger partial charge in [-0.3, -0.25) is 4.79 Å². The number of benzene rings is 2. The van der Waals surface area contributed by atoms with Gasteiger partial charge in [0.05, 0.1) is 0 Å². The quantitative estimate of drug-likeness (QED) is 0.769. The molecule has 3 aromatic rings. The van der Waals surface area contributed by atoms with E-state index < -0.39 is 0 Å². The van der Waals surface area contributed by atoms with Gasteiger partial charge in [-0.1, -0.05) is 25.1 Å². The van der Waals surface area contributed by atoms with Gasteiger partial charge in [-0.05, 0) is 36.7 Å². The van der Waals surface area contributed by atoms with Crippen molar-refractivity contribution in [2.75, 3.05) is 11.9 Å². The Bertz CT molecular complexity index is 792. The Balaban J connectivity index is 1.90. The normalized spacial score (nSPS) is 12.7. The van der Waals surface area contributed by atoms with Gasteiger partial charge in [0.15, 0.2) is 0 Å². The fourth-order valence-corrected chi connectivity index (χ4v) is 2.42. The summed E-state index contributed by atoms with van der Waals surface area (Å²) in [6.45, 7) is 2.48. The van der Waals surface area contributed by atoms with Gasteiger partial charge in [0.1, 0.15) is 11.2 Å². The van der Waals surface area contributed by atoms with E-state index in [0.717, 1.165) is 27.6 Å². The van der Waals surface area contributed by atoms with Gasteiger partial charge in [0.2, 0.25) is 5.91 Å². The zero-order valence-corrected chi connectivity index (χ0v) is 11.9. The smallest absolute Gasteiger partial charge is 0.224 e. The first-order valence-electron chi connectivity index (χ1n) is 7.08. The zero-order valence-electron chi connectivity index (χ0n) is 11.9. The summed E-state index contributed by atoms with van der Waals surface area (Å²) in [6.07, 6.45) is 0.431. The zero-order chi connectivity index (χ0) is 14.8. The Labute approximate surface area is 122 Å². The van der Waals surface area contributed by atoms with Gasteiger partial charge in [0, 0.05) is 22.9 Å². The van der Waals surface area contributed by atoms with Gasteiger partial charge in [0.25, 0.3) is 0 Å². The van der Waals surface area contributed by atoms with Crippen LogP contribution in [0.25, 0.3) is 21.9 Å². The predicted octanol–water partition coefficient (Wildman–Crippen LogP) is 3.51. The number of amides is 1. The molecule has 1 unspecified atom stereocenters. The molecule has 0 saturated carbocycles. The molecule has 1 heterocycles. The topological polar surface area (TPSA) is 68.3 Å². The Morgan fingerprint density at radius 2 is 1.95 bits per heavy atom. The van der Waals surface area contributed by atoms with Gasteiger partial charge >= 0.3 is 0 Å². The maximum absolute atomic E-state index is 11.9. The van der Waals surface area contributed by atoms with E-state index in [2.05, 4.69) is 5.32 Å². The molecule has 0 radical (unpaired) electrons. The summed E-state index contributed by atoms with van der Waals surface area (Å²) >= 11 is 0. The summed E-state index contributed by atoms with van der Waals surface area (Å²) in [7, 11) is 0. The van der Waals surface area contributed by atoms with Crippen LogP contribution in [0.4, 0.5) is 5.69 Å². The summed E-state index contributed by atoms with van der Waals surface area (Å²) in [5.74, 6) is 0.170. The molecule has 108 valence electrons. The van der Waals surface area contributed by atoms with Crippen molar-refractivity contribution in [2.45, 2.75) is 13.3 Å². The highest BCUT2D eigenvalue weighted by Gasteiger charge is 2.10. The van der Waals surface area contributed by atoms with Crippen molar-refractivity contribution >= 4 is 33.5 Å². The third-order valence-electron chi connectivity index (χ3n) is 3.60. The second kappa shape index (κ2) is 5.58. The van der Waals surface area contributed by atoms with Crippen molar-refractivity contribution in [3.63, 3.8) is 0 Å². The third kappa shape index (κ3) is 2.76. The van der Waals surface area contributed by atoms with Crippen molar-refractivity contribution in [1.82, 2.24) is 0 Å². The van der Waals surface area contributed by atoms with Crippen molar-refractivity contribution < 1.29 is 9.21 Å². The number of furan rings is 1. The number of carbonyl (C=O) groups excluding carboxylic acids is 1. The van der Waals surface area contributed by atoms with E-state index in [0.29, 0.717) is 13.0 Å². The van der Waals surface area contributed by atoms with Crippen LogP contribution < -0.4 is 11.1 Å². The van der Waals surface area contributed by atoms with E-state index in [4.69, 9.17) is 10.2 Å². The van der Waals surface area contributed by atoms with Crippen LogP contribution in [0.5, 0.6) is 0 Å². The first kappa shape index (κ1) is 13.6. The Morgan fingerprint density at radius 1 is 1.19 bits per heavy atom. The molecule has 4 nitrogen and oxygen atoms in total. The minimum atomic E-state index is -0.0138. The molecule has 0 aliphatic rings. The molecule has 3 rings (SSSR count). The summed E-state index contributed by atoms with van der Waals surface area (Å²) in [5.41, 5.74) is 8.00. The third-order valence-corrected chi connectivity index (χ3v) is 3.60. The summed E-state index contributed by atoms with van der Waals surface area (Å²) in [5, 5.41) is 4.98. The lowest BCUT2D eigenvalue weighted by Crippen LogP contribution is -2.19. The molecule has 0 fully saturated rings. The molecule has 0 spiro atoms. The Hall–Kier alpha value is -2.33. The number of hydrogen-bond acceptors (Lipinski definition) is 3. The van der Waals surface area contributed by atoms with Crippen LogP contribution in [0.1, 0.15) is 13.3 Å². The van der Waals surface area contributed by atoms with Gasteiger partial charge < -0.3 is 15.5 Å². The van der Waals surface area contributed by atoms with Crippen LogP contribution in [0, 0.1) is 5.92 Å². The number of nitrogens with two attached hydrogens (primary N) is 1. The molecule has 1 atom stereocenters. The highest BCUT2D eigenvalue weighted by Crippen LogP contribution is 2.30. The highest BCUT2D eigenvalue weighted by atomic mass is 16.3. The molecule has 0 saturated heterocycles. The van der Waals surface area contributed by atoms with Crippen molar-refractivity contribution in [3.05, 3.63) is 42.5 Å². The molecule has 0 aliphatic heterocycles. The SMILES string of the molecule is CC(CN)CC(=O)Nc1ccc2oc3ccccc3c2c1. The Morgan fingerprint density at radius 3 is 2.76 bits per heavy atom. The maximum atomic E-state index is 11.9. The van der Waals surface area contributed by atoms with E-state index >= 15 is 0 Å². The standard InChI is InChI=1S/C17H18N2O2/c1-11(10-18)8-17(20)19-12-6-7-16-14(9-12)13-4-2-3-5-15(13)21-16/h2-7,9,11H,8,10,18H2,1H3,(H,19,20). The number of nitrogens with one attached hydrogen (secondary N) is 1. The minimum Gasteiger partial charge on any atom is -0.456 e. The number of carbonyl (C=O) groups is 1. The molecule has 4 heteroatoms. The molecule has 0 aliphatic carbocycles. The van der Waals surface area contributed by atoms with Crippen LogP contribution in [0.2, 0.25) is 0 Å². The summed E-state index contributed by atoms with van der Waals surface area (Å²) < 4.78 is 5.77. The number of fused-ring (bicyclic) bond motifs is 3. The lowest BCUT2D eigenvalue weighted by molar-refractivity contribution is -0.116. The lowest BCUT2D eigenvalue weighted by atomic mass is 10.1. The second-order valence-electron chi connectivity index (χ2n) is 5.40. The molecule has 2 aromatic carbocycles. The maximum Gasteiger partial charge on any atom is 0.224 e. The van der Waals surface area contributed by atoms with Crippen LogP contribution in [-0.4, -0.2) is 12.5 Å². The van der Waals surface area contributed by atoms with E-state index in [1.807, 2.05) is 49.4 Å². The van der Waals surface area contributed by atoms with Crippen LogP contribution >= 0.6 is 0 Å². The predicted molar refractivity (Wildman–Crippen MR) is 85.2 cm³/mol. The molecule has 3 N–H and O–H groups in total. The van der Waals surface area contributed by atoms with Gasteiger partial charge in [-0.25, -0.2) is 0 Å². The first-order valence-corrected chi connectivity index (χ1v) is 7.08. The summed E-state index contributed by atoms with van der Waals surface area (Å²) in [4.78, 5) is 11.9. The average Bonchev–Trinajstić information content (AvgIpc) is 2.85. The summed E-state index contributed by atoms with van der Waals surface area (Å²) in [6, 6.07) is 13.6. The Kier molecular flexibility index (Phi) is 3.62. The lowest BCUT2D eigenvalue weighted by Gasteiger charge is -2.09. The van der Waals surface area contributed by atoms with Crippen LogP contribution in [-0.2, 0) is 4.79 Å². The number of hydrogen-bond donors (Lipinski definition) is 2. The van der Waals surface area contributed by atoms with E-state index in [-0.39, 0.29) is 11.8 Å². The molecule has 0 bridgehead atoms. The van der Waals surface area contributed by atoms with E-state index in [1.165, 1.54) is 0 Å². The molecule has 1 aromatic heterocycles. The largest absolute Gasteiger partial charge is 0.456 e. The van der Waals surface area contributed by atoms with Gasteiger partial charge in [-0.2, -0.15) is 0 Å². The molecule has 1 amide bonds. The number of anilines is 1. The average molecular weight is 282 g/mol. The monoisotopic (exact) mass is 282 g/mol. The minimum absolute atomic E-state index is 0.0138. The second-order valence-corrected chi connectivity index (χ2v) is 5.40. The van der Waals surface area contributed by atoms with Crippen molar-refractivity contribution in [2.24, 2.45) is 11.7 Å². The fourth-order valence-electron chi connectivity index (χ4n) is 2.42. The number of rotatable bonds is 4. The highest BCUT2D eigenvalue weighted by molar-refractivity contribution is 6.06. The van der Waals surface area contributed by atoms with Gasteiger partial charge in [-0.15, -0.1) is 0 Å². The first-order chi connectivity index (χ1) is 10.2. The fraction of sp³-hybridized carbons (Fsp3) is 0.235. The molecule has 21 heavy (non-hydrogen) atoms. The van der Waals surface area contributed by atoms with Crippen molar-refractivity contribution in [3.8, 4) is 0 Å². The van der Waals surface area contributed by atoms with Crippen LogP contribution in [0.15, 0.2) is 46.9 Å². The van der Waals surface area contributed by atoms with E-state index in [9.17, 15) is 4.79 Å². The number of para-hydroxylation sites is 1. The van der Waals surface area contributed by atoms with Crippen molar-refractivity contribution in [1.29, 1.82) is 0 Å². The molecular formula is C17H18N2O2. The molecular weight excluding hydrogens is 264 g/mol.